The van der Waals surface area contributed by atoms with Gasteiger partial charge in [0, 0.05) is 54.7 Å². The molecule has 0 bridgehead atoms. The molecule has 2 aliphatic rings. The van der Waals surface area contributed by atoms with Crippen LogP contribution in [0.3, 0.4) is 0 Å². The minimum absolute atomic E-state index is 0.144. The average Bonchev–Trinajstić information content (AvgIpc) is 3.14. The van der Waals surface area contributed by atoms with Gasteiger partial charge in [0.1, 0.15) is 10.7 Å². The van der Waals surface area contributed by atoms with E-state index in [2.05, 4.69) is 9.97 Å². The number of aromatic amines is 1. The number of H-pyrrole nitrogens is 1. The molecule has 2 aliphatic heterocycles. The Hall–Kier alpha value is -3.74. The van der Waals surface area contributed by atoms with E-state index in [-0.39, 0.29) is 42.5 Å². The van der Waals surface area contributed by atoms with E-state index in [1.54, 1.807) is 35.2 Å². The van der Waals surface area contributed by atoms with E-state index < -0.39 is 10.0 Å². The van der Waals surface area contributed by atoms with Crippen LogP contribution >= 0.6 is 11.3 Å². The van der Waals surface area contributed by atoms with Crippen molar-refractivity contribution in [3.63, 3.8) is 0 Å². The van der Waals surface area contributed by atoms with E-state index in [0.29, 0.717) is 51.9 Å². The molecule has 0 unspecified atom stereocenters. The van der Waals surface area contributed by atoms with Crippen LogP contribution in [0.1, 0.15) is 34.1 Å². The Labute approximate surface area is 241 Å². The maximum atomic E-state index is 13.3. The summed E-state index contributed by atoms with van der Waals surface area (Å²) in [5.74, 6) is 1.25. The molecule has 214 valence electrons. The van der Waals surface area contributed by atoms with Gasteiger partial charge in [-0.25, -0.2) is 13.4 Å². The van der Waals surface area contributed by atoms with Crippen LogP contribution in [0.4, 0.5) is 0 Å². The highest BCUT2D eigenvalue weighted by molar-refractivity contribution is 7.89. The van der Waals surface area contributed by atoms with Gasteiger partial charge in [0.25, 0.3) is 11.5 Å². The van der Waals surface area contributed by atoms with Gasteiger partial charge in [-0.3, -0.25) is 9.59 Å². The fourth-order valence-electron chi connectivity index (χ4n) is 5.28. The molecule has 6 rings (SSSR count). The van der Waals surface area contributed by atoms with E-state index in [4.69, 9.17) is 9.47 Å². The summed E-state index contributed by atoms with van der Waals surface area (Å²) in [6, 6.07) is 11.6. The molecule has 0 radical (unpaired) electrons. The van der Waals surface area contributed by atoms with Gasteiger partial charge in [-0.15, -0.1) is 11.3 Å². The number of sulfonamides is 1. The second kappa shape index (κ2) is 10.9. The highest BCUT2D eigenvalue weighted by Crippen LogP contribution is 2.33. The number of nitrogens with one attached hydrogen (secondary N) is 1. The number of ether oxygens (including phenoxy) is 2. The van der Waals surface area contributed by atoms with Gasteiger partial charge in [-0.1, -0.05) is 19.1 Å². The lowest BCUT2D eigenvalue weighted by atomic mass is 10.1. The number of fused-ring (bicyclic) bond motifs is 2. The van der Waals surface area contributed by atoms with Crippen LogP contribution in [0, 0.1) is 6.92 Å². The Morgan fingerprint density at radius 2 is 1.73 bits per heavy atom. The number of hydrogen-bond acceptors (Lipinski definition) is 8. The number of carbonyl (C=O) groups is 1. The summed E-state index contributed by atoms with van der Waals surface area (Å²) >= 11 is 1.51. The molecule has 2 aromatic heterocycles. The molecule has 0 atom stereocenters. The van der Waals surface area contributed by atoms with Gasteiger partial charge in [0.2, 0.25) is 10.0 Å². The minimum Gasteiger partial charge on any atom is -0.490 e. The third kappa shape index (κ3) is 5.11. The average molecular weight is 595 g/mol. The van der Waals surface area contributed by atoms with Crippen molar-refractivity contribution >= 4 is 37.5 Å². The number of thiophene rings is 1. The van der Waals surface area contributed by atoms with Crippen LogP contribution in [-0.4, -0.2) is 72.9 Å². The first kappa shape index (κ1) is 27.4. The molecule has 2 aromatic carbocycles. The standard InChI is InChI=1S/C29H30N4O6S2/c1-3-22-18(2)40-28-25(22)27(34)30-26(31-28)19-5-7-20(8-6-19)29(35)32-11-13-33(14-12-32)41(36,37)21-9-10-23-24(17-21)39-16-4-15-38-23/h5-10,17H,3-4,11-16H2,1-2H3,(H,30,31,34). The van der Waals surface area contributed by atoms with Crippen LogP contribution in [0.15, 0.2) is 52.2 Å². The molecule has 1 N–H and O–H groups in total. The van der Waals surface area contributed by atoms with Crippen LogP contribution in [-0.2, 0) is 16.4 Å². The minimum atomic E-state index is -3.76. The maximum Gasteiger partial charge on any atom is 0.260 e. The van der Waals surface area contributed by atoms with Gasteiger partial charge in [0.15, 0.2) is 11.5 Å². The Bertz CT molecular complexity index is 1790. The van der Waals surface area contributed by atoms with Gasteiger partial charge < -0.3 is 19.4 Å². The summed E-state index contributed by atoms with van der Waals surface area (Å²) in [5.41, 5.74) is 2.05. The van der Waals surface area contributed by atoms with E-state index in [0.717, 1.165) is 23.3 Å². The molecule has 1 saturated heterocycles. The summed E-state index contributed by atoms with van der Waals surface area (Å²) in [5, 5.41) is 0.649. The topological polar surface area (TPSA) is 122 Å². The van der Waals surface area contributed by atoms with E-state index in [1.165, 1.54) is 27.8 Å². The molecule has 41 heavy (non-hydrogen) atoms. The number of aryl methyl sites for hydroxylation is 2. The van der Waals surface area contributed by atoms with Crippen LogP contribution in [0.5, 0.6) is 11.5 Å². The molecule has 12 heteroatoms. The Balaban J connectivity index is 1.14. The largest absolute Gasteiger partial charge is 0.490 e. The molecule has 0 saturated carbocycles. The second-order valence-electron chi connectivity index (χ2n) is 10.0. The number of benzene rings is 2. The maximum absolute atomic E-state index is 13.3. The van der Waals surface area contributed by atoms with Gasteiger partial charge >= 0.3 is 0 Å². The summed E-state index contributed by atoms with van der Waals surface area (Å²) in [7, 11) is -3.76. The number of rotatable bonds is 5. The third-order valence-electron chi connectivity index (χ3n) is 7.50. The summed E-state index contributed by atoms with van der Waals surface area (Å²) in [6.45, 7) is 5.93. The normalized spacial score (nSPS) is 16.1. The van der Waals surface area contributed by atoms with Crippen LogP contribution in [0.25, 0.3) is 21.6 Å². The summed E-state index contributed by atoms with van der Waals surface area (Å²) in [4.78, 5) is 37.2. The zero-order chi connectivity index (χ0) is 28.7. The highest BCUT2D eigenvalue weighted by Gasteiger charge is 2.31. The van der Waals surface area contributed by atoms with Crippen molar-refractivity contribution in [3.05, 3.63) is 68.8 Å². The first-order chi connectivity index (χ1) is 19.8. The Morgan fingerprint density at radius 3 is 2.44 bits per heavy atom. The fourth-order valence-corrected chi connectivity index (χ4v) is 7.83. The van der Waals surface area contributed by atoms with Crippen LogP contribution in [0.2, 0.25) is 0 Å². The summed E-state index contributed by atoms with van der Waals surface area (Å²) in [6.07, 6.45) is 1.50. The lowest BCUT2D eigenvalue weighted by Crippen LogP contribution is -2.50. The predicted octanol–water partition coefficient (Wildman–Crippen LogP) is 3.83. The fraction of sp³-hybridized carbons (Fsp3) is 0.345. The molecular weight excluding hydrogens is 564 g/mol. The zero-order valence-corrected chi connectivity index (χ0v) is 24.4. The molecule has 10 nitrogen and oxygen atoms in total. The van der Waals surface area contributed by atoms with Crippen molar-refractivity contribution in [3.8, 4) is 22.9 Å². The van der Waals surface area contributed by atoms with Gasteiger partial charge in [-0.2, -0.15) is 4.31 Å². The molecule has 0 aliphatic carbocycles. The zero-order valence-electron chi connectivity index (χ0n) is 22.8. The first-order valence-corrected chi connectivity index (χ1v) is 15.8. The molecule has 1 amide bonds. The van der Waals surface area contributed by atoms with Gasteiger partial charge in [0.05, 0.1) is 23.5 Å². The SMILES string of the molecule is CCc1c(C)sc2nc(-c3ccc(C(=O)N4CCN(S(=O)(=O)c5ccc6c(c5)OCCCO6)CC4)cc3)[nH]c(=O)c12. The number of amides is 1. The predicted molar refractivity (Wildman–Crippen MR) is 157 cm³/mol. The van der Waals surface area contributed by atoms with E-state index in [1.807, 2.05) is 13.8 Å². The quantitative estimate of drug-likeness (QED) is 0.373. The lowest BCUT2D eigenvalue weighted by molar-refractivity contribution is 0.0698. The molecule has 4 aromatic rings. The van der Waals surface area contributed by atoms with E-state index >= 15 is 0 Å². The van der Waals surface area contributed by atoms with Crippen LogP contribution < -0.4 is 15.0 Å². The smallest absolute Gasteiger partial charge is 0.260 e. The highest BCUT2D eigenvalue weighted by atomic mass is 32.2. The molecule has 1 fully saturated rings. The van der Waals surface area contributed by atoms with Crippen molar-refractivity contribution in [1.82, 2.24) is 19.2 Å². The monoisotopic (exact) mass is 594 g/mol. The Morgan fingerprint density at radius 1 is 1.02 bits per heavy atom. The molecular formula is C29H30N4O6S2. The van der Waals surface area contributed by atoms with Crippen molar-refractivity contribution in [2.24, 2.45) is 0 Å². The number of aromatic nitrogens is 2. The van der Waals surface area contributed by atoms with Gasteiger partial charge in [-0.05, 0) is 43.2 Å². The Kier molecular flexibility index (Phi) is 7.30. The number of piperazine rings is 1. The third-order valence-corrected chi connectivity index (χ3v) is 10.4. The number of nitrogens with zero attached hydrogens (tertiary/aromatic N) is 3. The van der Waals surface area contributed by atoms with Crippen molar-refractivity contribution < 1.29 is 22.7 Å². The number of hydrogen-bond donors (Lipinski definition) is 1. The molecule has 0 spiro atoms. The summed E-state index contributed by atoms with van der Waals surface area (Å²) < 4.78 is 39.3. The van der Waals surface area contributed by atoms with Crippen molar-refractivity contribution in [2.45, 2.75) is 31.6 Å². The molecule has 4 heterocycles. The van der Waals surface area contributed by atoms with E-state index in [9.17, 15) is 18.0 Å². The lowest BCUT2D eigenvalue weighted by Gasteiger charge is -2.34. The number of carbonyl (C=O) groups excluding carboxylic acids is 1. The van der Waals surface area contributed by atoms with Crippen molar-refractivity contribution in [1.29, 1.82) is 0 Å². The van der Waals surface area contributed by atoms with Crippen molar-refractivity contribution in [2.75, 3.05) is 39.4 Å². The first-order valence-electron chi connectivity index (χ1n) is 13.6. The second-order valence-corrected chi connectivity index (χ2v) is 13.2.